The third-order valence-electron chi connectivity index (χ3n) is 3.74. The van der Waals surface area contributed by atoms with Gasteiger partial charge in [0, 0.05) is 47.8 Å². The number of aromatic amines is 1. The van der Waals surface area contributed by atoms with Crippen LogP contribution in [0.5, 0.6) is 0 Å². The number of benzene rings is 1. The summed E-state index contributed by atoms with van der Waals surface area (Å²) >= 11 is 1.36. The van der Waals surface area contributed by atoms with Crippen molar-refractivity contribution in [2.45, 2.75) is 20.3 Å². The van der Waals surface area contributed by atoms with Gasteiger partial charge in [0.2, 0.25) is 11.8 Å². The standard InChI is InChI=1S/C18H19N5O2S/c1-11(6-15-8-19-10-20-15)17(25)22-14-5-3-4-13(7-14)16-9-26-18(23-16)21-12(2)24/h3-5,7-11H,6H2,1-2H3,(H,19,20)(H,22,25)(H,21,23,24)/t11-/m1/s1. The van der Waals surface area contributed by atoms with E-state index < -0.39 is 0 Å². The minimum absolute atomic E-state index is 0.0611. The van der Waals surface area contributed by atoms with Gasteiger partial charge in [-0.1, -0.05) is 19.1 Å². The Morgan fingerprint density at radius 2 is 2.15 bits per heavy atom. The third-order valence-corrected chi connectivity index (χ3v) is 4.50. The van der Waals surface area contributed by atoms with Crippen LogP contribution in [-0.4, -0.2) is 26.8 Å². The van der Waals surface area contributed by atoms with Gasteiger partial charge in [-0.2, -0.15) is 0 Å². The van der Waals surface area contributed by atoms with Gasteiger partial charge in [0.1, 0.15) is 0 Å². The van der Waals surface area contributed by atoms with Crippen molar-refractivity contribution < 1.29 is 9.59 Å². The van der Waals surface area contributed by atoms with E-state index in [1.165, 1.54) is 18.3 Å². The van der Waals surface area contributed by atoms with Gasteiger partial charge in [0.15, 0.2) is 5.13 Å². The maximum atomic E-state index is 12.4. The highest BCUT2D eigenvalue weighted by atomic mass is 32.1. The molecule has 0 fully saturated rings. The maximum Gasteiger partial charge on any atom is 0.227 e. The van der Waals surface area contributed by atoms with Gasteiger partial charge in [-0.05, 0) is 12.1 Å². The Morgan fingerprint density at radius 3 is 2.88 bits per heavy atom. The molecule has 2 amide bonds. The number of thiazole rings is 1. The van der Waals surface area contributed by atoms with Crippen LogP contribution in [0.4, 0.5) is 10.8 Å². The fraction of sp³-hybridized carbons (Fsp3) is 0.222. The zero-order chi connectivity index (χ0) is 18.5. The molecular weight excluding hydrogens is 350 g/mol. The van der Waals surface area contributed by atoms with E-state index in [4.69, 9.17) is 0 Å². The molecule has 2 heterocycles. The first-order valence-corrected chi connectivity index (χ1v) is 9.01. The Bertz CT molecular complexity index is 904. The number of hydrogen-bond donors (Lipinski definition) is 3. The van der Waals surface area contributed by atoms with E-state index in [0.717, 1.165) is 17.0 Å². The molecule has 0 unspecified atom stereocenters. The summed E-state index contributed by atoms with van der Waals surface area (Å²) in [6.45, 7) is 3.32. The average molecular weight is 369 g/mol. The summed E-state index contributed by atoms with van der Waals surface area (Å²) in [5, 5.41) is 8.02. The molecule has 0 spiro atoms. The van der Waals surface area contributed by atoms with Crippen LogP contribution in [0.15, 0.2) is 42.2 Å². The summed E-state index contributed by atoms with van der Waals surface area (Å²) in [6.07, 6.45) is 3.92. The lowest BCUT2D eigenvalue weighted by molar-refractivity contribution is -0.119. The number of hydrogen-bond acceptors (Lipinski definition) is 5. The minimum Gasteiger partial charge on any atom is -0.348 e. The van der Waals surface area contributed by atoms with Gasteiger partial charge in [-0.25, -0.2) is 9.97 Å². The van der Waals surface area contributed by atoms with E-state index >= 15 is 0 Å². The quantitative estimate of drug-likeness (QED) is 0.620. The topological polar surface area (TPSA) is 99.8 Å². The predicted molar refractivity (Wildman–Crippen MR) is 102 cm³/mol. The van der Waals surface area contributed by atoms with Crippen LogP contribution in [0.3, 0.4) is 0 Å². The fourth-order valence-electron chi connectivity index (χ4n) is 2.45. The maximum absolute atomic E-state index is 12.4. The molecule has 2 aromatic heterocycles. The Morgan fingerprint density at radius 1 is 1.31 bits per heavy atom. The molecule has 3 N–H and O–H groups in total. The molecular formula is C18H19N5O2S. The molecule has 0 aliphatic rings. The predicted octanol–water partition coefficient (Wildman–Crippen LogP) is 3.31. The highest BCUT2D eigenvalue weighted by Gasteiger charge is 2.15. The van der Waals surface area contributed by atoms with Crippen LogP contribution in [0.1, 0.15) is 19.5 Å². The summed E-state index contributed by atoms with van der Waals surface area (Å²) in [5.74, 6) is -0.406. The lowest BCUT2D eigenvalue weighted by Gasteiger charge is -2.12. The molecule has 1 atom stereocenters. The first-order valence-electron chi connectivity index (χ1n) is 8.13. The van der Waals surface area contributed by atoms with Crippen molar-refractivity contribution in [1.29, 1.82) is 0 Å². The van der Waals surface area contributed by atoms with Gasteiger partial charge in [0.25, 0.3) is 0 Å². The first kappa shape index (κ1) is 17.8. The Labute approximate surface area is 154 Å². The number of nitrogens with one attached hydrogen (secondary N) is 3. The molecule has 134 valence electrons. The van der Waals surface area contributed by atoms with Crippen molar-refractivity contribution in [3.63, 3.8) is 0 Å². The van der Waals surface area contributed by atoms with Crippen LogP contribution < -0.4 is 10.6 Å². The van der Waals surface area contributed by atoms with Gasteiger partial charge in [-0.15, -0.1) is 11.3 Å². The van der Waals surface area contributed by atoms with Crippen molar-refractivity contribution in [3.8, 4) is 11.3 Å². The molecule has 0 saturated carbocycles. The van der Waals surface area contributed by atoms with Gasteiger partial charge in [-0.3, -0.25) is 9.59 Å². The smallest absolute Gasteiger partial charge is 0.227 e. The third kappa shape index (κ3) is 4.54. The summed E-state index contributed by atoms with van der Waals surface area (Å²) in [7, 11) is 0. The lowest BCUT2D eigenvalue weighted by atomic mass is 10.0. The van der Waals surface area contributed by atoms with E-state index in [9.17, 15) is 9.59 Å². The van der Waals surface area contributed by atoms with Crippen molar-refractivity contribution in [2.75, 3.05) is 10.6 Å². The van der Waals surface area contributed by atoms with Gasteiger partial charge >= 0.3 is 0 Å². The number of H-pyrrole nitrogens is 1. The molecule has 0 aliphatic heterocycles. The summed E-state index contributed by atoms with van der Waals surface area (Å²) in [4.78, 5) is 34.9. The van der Waals surface area contributed by atoms with Crippen molar-refractivity contribution in [2.24, 2.45) is 5.92 Å². The molecule has 7 nitrogen and oxygen atoms in total. The molecule has 3 aromatic rings. The second-order valence-corrected chi connectivity index (χ2v) is 6.83. The lowest BCUT2D eigenvalue weighted by Crippen LogP contribution is -2.22. The Balaban J connectivity index is 1.68. The SMILES string of the molecule is CC(=O)Nc1nc(-c2cccc(NC(=O)[C@H](C)Cc3cnc[nH]3)c2)cs1. The number of anilines is 2. The Hall–Kier alpha value is -3.00. The average Bonchev–Trinajstić information content (AvgIpc) is 3.26. The number of aromatic nitrogens is 3. The molecule has 0 radical (unpaired) electrons. The molecule has 0 saturated heterocycles. The van der Waals surface area contributed by atoms with E-state index in [1.54, 1.807) is 12.5 Å². The first-order chi connectivity index (χ1) is 12.5. The van der Waals surface area contributed by atoms with Crippen molar-refractivity contribution >= 4 is 34.0 Å². The number of carbonyl (C=O) groups is 2. The van der Waals surface area contributed by atoms with Crippen molar-refractivity contribution in [3.05, 3.63) is 47.9 Å². The summed E-state index contributed by atoms with van der Waals surface area (Å²) in [6, 6.07) is 7.48. The van der Waals surface area contributed by atoms with E-state index in [-0.39, 0.29) is 17.7 Å². The monoisotopic (exact) mass is 369 g/mol. The normalized spacial score (nSPS) is 11.8. The molecule has 1 aromatic carbocycles. The van der Waals surface area contributed by atoms with E-state index in [2.05, 4.69) is 25.6 Å². The number of carbonyl (C=O) groups excluding carboxylic acids is 2. The summed E-state index contributed by atoms with van der Waals surface area (Å²) < 4.78 is 0. The fourth-order valence-corrected chi connectivity index (χ4v) is 3.22. The van der Waals surface area contributed by atoms with E-state index in [1.807, 2.05) is 36.6 Å². The number of imidazole rings is 1. The highest BCUT2D eigenvalue weighted by Crippen LogP contribution is 2.27. The van der Waals surface area contributed by atoms with Crippen LogP contribution in [0.25, 0.3) is 11.3 Å². The number of amides is 2. The highest BCUT2D eigenvalue weighted by molar-refractivity contribution is 7.14. The van der Waals surface area contributed by atoms with Crippen LogP contribution >= 0.6 is 11.3 Å². The van der Waals surface area contributed by atoms with Gasteiger partial charge in [0.05, 0.1) is 12.0 Å². The zero-order valence-corrected chi connectivity index (χ0v) is 15.3. The van der Waals surface area contributed by atoms with Gasteiger partial charge < -0.3 is 15.6 Å². The largest absolute Gasteiger partial charge is 0.348 e. The molecule has 3 rings (SSSR count). The number of nitrogens with zero attached hydrogens (tertiary/aromatic N) is 2. The zero-order valence-electron chi connectivity index (χ0n) is 14.4. The van der Waals surface area contributed by atoms with Crippen molar-refractivity contribution in [1.82, 2.24) is 15.0 Å². The molecule has 0 bridgehead atoms. The van der Waals surface area contributed by atoms with Crippen LogP contribution in [0, 0.1) is 5.92 Å². The second kappa shape index (κ2) is 7.92. The number of rotatable bonds is 6. The molecule has 0 aliphatic carbocycles. The Kier molecular flexibility index (Phi) is 5.43. The molecule has 26 heavy (non-hydrogen) atoms. The molecule has 8 heteroatoms. The minimum atomic E-state index is -0.190. The summed E-state index contributed by atoms with van der Waals surface area (Å²) in [5.41, 5.74) is 3.25. The van der Waals surface area contributed by atoms with Crippen LogP contribution in [0.2, 0.25) is 0 Å². The second-order valence-electron chi connectivity index (χ2n) is 5.97. The van der Waals surface area contributed by atoms with E-state index in [0.29, 0.717) is 17.2 Å². The van der Waals surface area contributed by atoms with Crippen LogP contribution in [-0.2, 0) is 16.0 Å².